The molecule has 3 N–H and O–H groups in total. The minimum absolute atomic E-state index is 0.0725. The van der Waals surface area contributed by atoms with Gasteiger partial charge in [0.15, 0.2) is 0 Å². The Bertz CT molecular complexity index is 373. The minimum Gasteiger partial charge on any atom is -0.507 e. The Morgan fingerprint density at radius 3 is 2.92 bits per heavy atom. The monoisotopic (exact) mass is 179 g/mol. The van der Waals surface area contributed by atoms with Crippen molar-refractivity contribution in [2.75, 3.05) is 0 Å². The van der Waals surface area contributed by atoms with Gasteiger partial charge in [-0.05, 0) is 17.2 Å². The van der Waals surface area contributed by atoms with E-state index in [1.165, 1.54) is 6.07 Å². The van der Waals surface area contributed by atoms with E-state index >= 15 is 0 Å². The summed E-state index contributed by atoms with van der Waals surface area (Å²) in [6.45, 7) is 0.831. The van der Waals surface area contributed by atoms with Crippen molar-refractivity contribution >= 4 is 5.91 Å². The van der Waals surface area contributed by atoms with Gasteiger partial charge in [-0.15, -0.1) is 0 Å². The summed E-state index contributed by atoms with van der Waals surface area (Å²) in [7, 11) is 0. The third-order valence-corrected chi connectivity index (χ3v) is 2.14. The van der Waals surface area contributed by atoms with Crippen LogP contribution in [-0.2, 0) is 18.0 Å². The van der Waals surface area contributed by atoms with Crippen LogP contribution < -0.4 is 5.73 Å². The number of carbonyl (C=O) groups is 1. The fraction of sp³-hybridized carbons (Fsp3) is 0.222. The van der Waals surface area contributed by atoms with Crippen LogP contribution in [-0.4, -0.2) is 11.0 Å². The van der Waals surface area contributed by atoms with E-state index in [9.17, 15) is 9.90 Å². The summed E-state index contributed by atoms with van der Waals surface area (Å²) < 4.78 is 5.14. The zero-order chi connectivity index (χ0) is 9.42. The van der Waals surface area contributed by atoms with Gasteiger partial charge in [-0.2, -0.15) is 0 Å². The smallest absolute Gasteiger partial charge is 0.252 e. The maximum atomic E-state index is 11.0. The van der Waals surface area contributed by atoms with Gasteiger partial charge in [-0.3, -0.25) is 4.79 Å². The molecule has 0 radical (unpaired) electrons. The molecule has 0 aliphatic carbocycles. The van der Waals surface area contributed by atoms with Gasteiger partial charge in [0.1, 0.15) is 5.75 Å². The summed E-state index contributed by atoms with van der Waals surface area (Å²) in [4.78, 5) is 11.0. The molecule has 13 heavy (non-hydrogen) atoms. The standard InChI is InChI=1S/C9H9NO3/c10-9(12)8-6-4-13-3-5(6)1-2-7(8)11/h1-2,11H,3-4H2,(H2,10,12). The lowest BCUT2D eigenvalue weighted by atomic mass is 10.0. The van der Waals surface area contributed by atoms with Crippen molar-refractivity contribution in [3.05, 3.63) is 28.8 Å². The van der Waals surface area contributed by atoms with Crippen molar-refractivity contribution in [1.82, 2.24) is 0 Å². The van der Waals surface area contributed by atoms with E-state index in [1.54, 1.807) is 6.07 Å². The van der Waals surface area contributed by atoms with Crippen molar-refractivity contribution in [1.29, 1.82) is 0 Å². The predicted octanol–water partition coefficient (Wildman–Crippen LogP) is 0.521. The quantitative estimate of drug-likeness (QED) is 0.660. The summed E-state index contributed by atoms with van der Waals surface area (Å²) in [5, 5.41) is 9.39. The van der Waals surface area contributed by atoms with E-state index in [4.69, 9.17) is 10.5 Å². The van der Waals surface area contributed by atoms with Crippen molar-refractivity contribution in [3.63, 3.8) is 0 Å². The molecule has 0 unspecified atom stereocenters. The first kappa shape index (κ1) is 8.07. The third kappa shape index (κ3) is 1.15. The van der Waals surface area contributed by atoms with E-state index in [-0.39, 0.29) is 11.3 Å². The van der Waals surface area contributed by atoms with E-state index in [2.05, 4.69) is 0 Å². The zero-order valence-corrected chi connectivity index (χ0v) is 6.91. The molecule has 4 heteroatoms. The van der Waals surface area contributed by atoms with Gasteiger partial charge in [0.2, 0.25) is 0 Å². The van der Waals surface area contributed by atoms with Gasteiger partial charge >= 0.3 is 0 Å². The molecule has 0 saturated carbocycles. The highest BCUT2D eigenvalue weighted by atomic mass is 16.5. The largest absolute Gasteiger partial charge is 0.507 e. The molecule has 0 spiro atoms. The van der Waals surface area contributed by atoms with Crippen LogP contribution in [0.5, 0.6) is 5.75 Å². The Morgan fingerprint density at radius 2 is 2.23 bits per heavy atom. The fourth-order valence-corrected chi connectivity index (χ4v) is 1.52. The van der Waals surface area contributed by atoms with Crippen molar-refractivity contribution < 1.29 is 14.6 Å². The Hall–Kier alpha value is -1.55. The number of nitrogens with two attached hydrogens (primary N) is 1. The minimum atomic E-state index is -0.611. The molecule has 4 nitrogen and oxygen atoms in total. The number of hydrogen-bond acceptors (Lipinski definition) is 3. The summed E-state index contributed by atoms with van der Waals surface area (Å²) in [6, 6.07) is 3.21. The van der Waals surface area contributed by atoms with Crippen molar-refractivity contribution in [2.24, 2.45) is 5.73 Å². The lowest BCUT2D eigenvalue weighted by Crippen LogP contribution is -2.14. The van der Waals surface area contributed by atoms with Crippen LogP contribution in [0.4, 0.5) is 0 Å². The van der Waals surface area contributed by atoms with Gasteiger partial charge in [-0.25, -0.2) is 0 Å². The number of aromatic hydroxyl groups is 1. The van der Waals surface area contributed by atoms with E-state index in [0.717, 1.165) is 5.56 Å². The lowest BCUT2D eigenvalue weighted by molar-refractivity contribution is 0.0991. The van der Waals surface area contributed by atoms with Crippen LogP contribution in [0, 0.1) is 0 Å². The molecule has 1 aliphatic heterocycles. The molecule has 1 aromatic carbocycles. The molecule has 0 atom stereocenters. The lowest BCUT2D eigenvalue weighted by Gasteiger charge is -2.05. The number of hydrogen-bond donors (Lipinski definition) is 2. The van der Waals surface area contributed by atoms with Gasteiger partial charge in [-0.1, -0.05) is 6.07 Å². The summed E-state index contributed by atoms with van der Waals surface area (Å²) in [5.74, 6) is -0.684. The Balaban J connectivity index is 2.65. The number of amides is 1. The average molecular weight is 179 g/mol. The zero-order valence-electron chi connectivity index (χ0n) is 6.91. The molecule has 0 fully saturated rings. The molecule has 1 aromatic rings. The predicted molar refractivity (Wildman–Crippen MR) is 45.1 cm³/mol. The second kappa shape index (κ2) is 2.74. The number of carbonyl (C=O) groups excluding carboxylic acids is 1. The Morgan fingerprint density at radius 1 is 1.46 bits per heavy atom. The summed E-state index contributed by atoms with van der Waals surface area (Å²) in [5.41, 5.74) is 6.96. The van der Waals surface area contributed by atoms with Crippen molar-refractivity contribution in [2.45, 2.75) is 13.2 Å². The highest BCUT2D eigenvalue weighted by molar-refractivity contribution is 5.97. The first-order chi connectivity index (χ1) is 6.20. The highest BCUT2D eigenvalue weighted by Crippen LogP contribution is 2.29. The van der Waals surface area contributed by atoms with Crippen LogP contribution in [0.3, 0.4) is 0 Å². The fourth-order valence-electron chi connectivity index (χ4n) is 1.52. The van der Waals surface area contributed by atoms with Crippen LogP contribution in [0.15, 0.2) is 12.1 Å². The Kier molecular flexibility index (Phi) is 1.70. The Labute approximate surface area is 74.9 Å². The maximum Gasteiger partial charge on any atom is 0.252 e. The molecular weight excluding hydrogens is 170 g/mol. The molecule has 68 valence electrons. The molecule has 1 amide bonds. The molecule has 0 saturated heterocycles. The molecule has 1 aliphatic rings. The average Bonchev–Trinajstić information content (AvgIpc) is 2.50. The third-order valence-electron chi connectivity index (χ3n) is 2.14. The van der Waals surface area contributed by atoms with Crippen LogP contribution in [0.25, 0.3) is 0 Å². The topological polar surface area (TPSA) is 72.6 Å². The maximum absolute atomic E-state index is 11.0. The molecule has 2 rings (SSSR count). The first-order valence-electron chi connectivity index (χ1n) is 3.91. The number of benzene rings is 1. The van der Waals surface area contributed by atoms with Gasteiger partial charge in [0.25, 0.3) is 5.91 Å². The summed E-state index contributed by atoms with van der Waals surface area (Å²) >= 11 is 0. The SMILES string of the molecule is NC(=O)c1c(O)ccc2c1COC2. The molecule has 0 bridgehead atoms. The van der Waals surface area contributed by atoms with Crippen molar-refractivity contribution in [3.8, 4) is 5.75 Å². The normalized spacial score (nSPS) is 14.2. The van der Waals surface area contributed by atoms with E-state index < -0.39 is 5.91 Å². The van der Waals surface area contributed by atoms with E-state index in [1.807, 2.05) is 0 Å². The molecule has 1 heterocycles. The first-order valence-corrected chi connectivity index (χ1v) is 3.91. The molecular formula is C9H9NO3. The number of phenols is 1. The summed E-state index contributed by atoms with van der Waals surface area (Å²) in [6.07, 6.45) is 0. The number of fused-ring (bicyclic) bond motifs is 1. The van der Waals surface area contributed by atoms with E-state index in [0.29, 0.717) is 18.8 Å². The molecule has 0 aromatic heterocycles. The van der Waals surface area contributed by atoms with Gasteiger partial charge in [0, 0.05) is 0 Å². The second-order valence-corrected chi connectivity index (χ2v) is 2.95. The number of ether oxygens (including phenoxy) is 1. The van der Waals surface area contributed by atoms with Crippen LogP contribution in [0.1, 0.15) is 21.5 Å². The van der Waals surface area contributed by atoms with Crippen LogP contribution >= 0.6 is 0 Å². The second-order valence-electron chi connectivity index (χ2n) is 2.95. The van der Waals surface area contributed by atoms with Crippen LogP contribution in [0.2, 0.25) is 0 Å². The van der Waals surface area contributed by atoms with Gasteiger partial charge < -0.3 is 15.6 Å². The highest BCUT2D eigenvalue weighted by Gasteiger charge is 2.21. The number of primary amides is 1. The van der Waals surface area contributed by atoms with Gasteiger partial charge in [0.05, 0.1) is 18.8 Å². The number of rotatable bonds is 1.